The summed E-state index contributed by atoms with van der Waals surface area (Å²) in [7, 11) is 2.19. The number of aryl methyl sites for hydroxylation is 1. The summed E-state index contributed by atoms with van der Waals surface area (Å²) < 4.78 is 5.74. The molecule has 2 aliphatic heterocycles. The molecule has 0 unspecified atom stereocenters. The third-order valence-electron chi connectivity index (χ3n) is 5.66. The van der Waals surface area contributed by atoms with Gasteiger partial charge in [-0.2, -0.15) is 0 Å². The first-order chi connectivity index (χ1) is 12.8. The average molecular weight is 373 g/mol. The van der Waals surface area contributed by atoms with Gasteiger partial charge in [0.15, 0.2) is 5.75 Å². The predicted molar refractivity (Wildman–Crippen MR) is 108 cm³/mol. The van der Waals surface area contributed by atoms with Crippen LogP contribution in [0.15, 0.2) is 18.2 Å². The lowest BCUT2D eigenvalue weighted by molar-refractivity contribution is -0.386. The van der Waals surface area contributed by atoms with E-state index in [4.69, 9.17) is 4.74 Å². The van der Waals surface area contributed by atoms with Gasteiger partial charge in [0.25, 0.3) is 0 Å². The molecule has 2 aliphatic rings. The third-order valence-corrected chi connectivity index (χ3v) is 5.66. The van der Waals surface area contributed by atoms with Crippen LogP contribution in [-0.2, 0) is 0 Å². The van der Waals surface area contributed by atoms with Gasteiger partial charge in [-0.25, -0.2) is 0 Å². The smallest absolute Gasteiger partial charge is 0.311 e. The molecule has 148 valence electrons. The molecular formula is C21H31N3O3. The summed E-state index contributed by atoms with van der Waals surface area (Å²) in [6, 6.07) is 4.19. The van der Waals surface area contributed by atoms with Crippen molar-refractivity contribution in [3.05, 3.63) is 39.4 Å². The predicted octanol–water partition coefficient (Wildman–Crippen LogP) is 3.87. The summed E-state index contributed by atoms with van der Waals surface area (Å²) in [5.74, 6) is 0.370. The maximum Gasteiger partial charge on any atom is 0.311 e. The van der Waals surface area contributed by atoms with E-state index in [1.807, 2.05) is 26.8 Å². The lowest BCUT2D eigenvalue weighted by Gasteiger charge is -2.38. The van der Waals surface area contributed by atoms with Crippen LogP contribution >= 0.6 is 0 Å². The second-order valence-electron chi connectivity index (χ2n) is 8.07. The van der Waals surface area contributed by atoms with Gasteiger partial charge in [0.05, 0.1) is 11.0 Å². The number of hydrogen-bond donors (Lipinski definition) is 0. The Labute approximate surface area is 161 Å². The molecule has 0 amide bonds. The van der Waals surface area contributed by atoms with E-state index in [9.17, 15) is 10.1 Å². The van der Waals surface area contributed by atoms with Gasteiger partial charge in [-0.1, -0.05) is 6.08 Å². The van der Waals surface area contributed by atoms with Crippen LogP contribution in [0.2, 0.25) is 0 Å². The molecule has 0 aromatic heterocycles. The molecule has 0 saturated carbocycles. The van der Waals surface area contributed by atoms with Crippen molar-refractivity contribution < 1.29 is 9.66 Å². The van der Waals surface area contributed by atoms with Crippen LogP contribution in [0.25, 0.3) is 5.57 Å². The molecule has 0 N–H and O–H groups in total. The Bertz CT molecular complexity index is 722. The van der Waals surface area contributed by atoms with Crippen LogP contribution in [0.5, 0.6) is 5.75 Å². The molecule has 6 nitrogen and oxygen atoms in total. The fourth-order valence-corrected chi connectivity index (χ4v) is 4.13. The van der Waals surface area contributed by atoms with Crippen LogP contribution in [0.1, 0.15) is 44.2 Å². The first-order valence-corrected chi connectivity index (χ1v) is 9.93. The number of nitro groups is 1. The summed E-state index contributed by atoms with van der Waals surface area (Å²) in [5, 5.41) is 11.4. The molecular weight excluding hydrogens is 342 g/mol. The number of nitro benzene ring substituents is 1. The van der Waals surface area contributed by atoms with Crippen molar-refractivity contribution in [1.82, 2.24) is 9.80 Å². The van der Waals surface area contributed by atoms with Gasteiger partial charge in [0.1, 0.15) is 0 Å². The van der Waals surface area contributed by atoms with Gasteiger partial charge >= 0.3 is 5.69 Å². The molecule has 0 spiro atoms. The summed E-state index contributed by atoms with van der Waals surface area (Å²) >= 11 is 0. The van der Waals surface area contributed by atoms with E-state index < -0.39 is 0 Å². The van der Waals surface area contributed by atoms with Crippen LogP contribution in [-0.4, -0.2) is 60.1 Å². The van der Waals surface area contributed by atoms with Gasteiger partial charge in [0, 0.05) is 25.2 Å². The molecule has 1 aromatic carbocycles. The molecule has 0 atom stereocenters. The number of benzene rings is 1. The van der Waals surface area contributed by atoms with Crippen molar-refractivity contribution in [1.29, 1.82) is 0 Å². The Morgan fingerprint density at radius 3 is 2.48 bits per heavy atom. The second kappa shape index (κ2) is 8.40. The molecule has 6 heteroatoms. The summed E-state index contributed by atoms with van der Waals surface area (Å²) in [6.07, 6.45) is 5.66. The van der Waals surface area contributed by atoms with E-state index in [0.717, 1.165) is 30.6 Å². The monoisotopic (exact) mass is 373 g/mol. The normalized spacial score (nSPS) is 20.0. The number of rotatable bonds is 5. The van der Waals surface area contributed by atoms with Gasteiger partial charge < -0.3 is 9.64 Å². The van der Waals surface area contributed by atoms with Gasteiger partial charge in [-0.05, 0) is 82.9 Å². The van der Waals surface area contributed by atoms with Crippen molar-refractivity contribution in [2.75, 3.05) is 33.2 Å². The average Bonchev–Trinajstić information content (AvgIpc) is 2.63. The molecule has 1 aromatic rings. The first kappa shape index (κ1) is 19.8. The molecule has 0 bridgehead atoms. The Morgan fingerprint density at radius 1 is 1.22 bits per heavy atom. The summed E-state index contributed by atoms with van der Waals surface area (Å²) in [5.41, 5.74) is 3.35. The van der Waals surface area contributed by atoms with Crippen LogP contribution in [0.4, 0.5) is 5.69 Å². The Morgan fingerprint density at radius 2 is 1.93 bits per heavy atom. The number of nitrogens with zero attached hydrogens (tertiary/aromatic N) is 3. The fraction of sp³-hybridized carbons (Fsp3) is 0.619. The fourth-order valence-electron chi connectivity index (χ4n) is 4.13. The number of likely N-dealkylation sites (tertiary alicyclic amines) is 1. The maximum absolute atomic E-state index is 11.4. The van der Waals surface area contributed by atoms with E-state index in [-0.39, 0.29) is 16.7 Å². The van der Waals surface area contributed by atoms with Crippen molar-refractivity contribution in [3.8, 4) is 5.75 Å². The van der Waals surface area contributed by atoms with E-state index in [2.05, 4.69) is 22.9 Å². The highest BCUT2D eigenvalue weighted by molar-refractivity contribution is 5.72. The Hall–Kier alpha value is -1.92. The molecule has 27 heavy (non-hydrogen) atoms. The molecule has 3 rings (SSSR count). The second-order valence-corrected chi connectivity index (χ2v) is 8.07. The summed E-state index contributed by atoms with van der Waals surface area (Å²) in [4.78, 5) is 16.0. The largest absolute Gasteiger partial charge is 0.484 e. The lowest BCUT2D eigenvalue weighted by atomic mass is 9.93. The SMILES string of the molecule is Cc1cc([N+](=O)[O-])c(OC(C)C)cc1C1=CCN(C2CCN(C)CC2)CC1. The van der Waals surface area contributed by atoms with Crippen molar-refractivity contribution in [2.24, 2.45) is 0 Å². The Balaban J connectivity index is 1.79. The molecule has 1 fully saturated rings. The quantitative estimate of drug-likeness (QED) is 0.579. The highest BCUT2D eigenvalue weighted by Gasteiger charge is 2.26. The van der Waals surface area contributed by atoms with Crippen LogP contribution < -0.4 is 4.74 Å². The maximum atomic E-state index is 11.4. The topological polar surface area (TPSA) is 58.9 Å². The molecule has 0 aliphatic carbocycles. The Kier molecular flexibility index (Phi) is 6.17. The van der Waals surface area contributed by atoms with Gasteiger partial charge in [0.2, 0.25) is 0 Å². The highest BCUT2D eigenvalue weighted by atomic mass is 16.6. The minimum absolute atomic E-state index is 0.0503. The summed E-state index contributed by atoms with van der Waals surface area (Å²) in [6.45, 7) is 10.1. The zero-order valence-corrected chi connectivity index (χ0v) is 16.9. The number of ether oxygens (including phenoxy) is 1. The lowest BCUT2D eigenvalue weighted by Crippen LogP contribution is -2.45. The molecule has 2 heterocycles. The van der Waals surface area contributed by atoms with Crippen molar-refractivity contribution in [3.63, 3.8) is 0 Å². The molecule has 1 saturated heterocycles. The number of hydrogen-bond acceptors (Lipinski definition) is 5. The van der Waals surface area contributed by atoms with E-state index in [1.54, 1.807) is 6.07 Å². The number of piperidine rings is 1. The van der Waals surface area contributed by atoms with E-state index >= 15 is 0 Å². The zero-order valence-electron chi connectivity index (χ0n) is 16.9. The minimum atomic E-state index is -0.356. The zero-order chi connectivity index (χ0) is 19.6. The third kappa shape index (κ3) is 4.68. The van der Waals surface area contributed by atoms with Gasteiger partial charge in [-0.3, -0.25) is 15.0 Å². The minimum Gasteiger partial charge on any atom is -0.484 e. The van der Waals surface area contributed by atoms with Crippen molar-refractivity contribution >= 4 is 11.3 Å². The highest BCUT2D eigenvalue weighted by Crippen LogP contribution is 2.36. The van der Waals surface area contributed by atoms with Crippen molar-refractivity contribution in [2.45, 2.75) is 52.2 Å². The van der Waals surface area contributed by atoms with Crippen LogP contribution in [0.3, 0.4) is 0 Å². The van der Waals surface area contributed by atoms with Crippen LogP contribution in [0, 0.1) is 17.0 Å². The molecule has 0 radical (unpaired) electrons. The van der Waals surface area contributed by atoms with E-state index in [0.29, 0.717) is 11.8 Å². The van der Waals surface area contributed by atoms with Gasteiger partial charge in [-0.15, -0.1) is 0 Å². The standard InChI is InChI=1S/C21H31N3O3/c1-15(2)27-21-14-19(16(3)13-20(21)24(25)26)17-5-11-23(12-6-17)18-7-9-22(4)10-8-18/h5,13-15,18H,6-12H2,1-4H3. The van der Waals surface area contributed by atoms with E-state index in [1.165, 1.54) is 31.5 Å². The first-order valence-electron chi connectivity index (χ1n) is 9.93.